The second-order valence-electron chi connectivity index (χ2n) is 5.61. The van der Waals surface area contributed by atoms with E-state index in [1.54, 1.807) is 12.1 Å². The van der Waals surface area contributed by atoms with E-state index in [9.17, 15) is 10.1 Å². The van der Waals surface area contributed by atoms with Crippen LogP contribution in [-0.4, -0.2) is 30.2 Å². The van der Waals surface area contributed by atoms with Gasteiger partial charge in [-0.15, -0.1) is 0 Å². The average Bonchev–Trinajstić information content (AvgIpc) is 3.21. The molecule has 1 aromatic carbocycles. The van der Waals surface area contributed by atoms with Gasteiger partial charge in [-0.3, -0.25) is 10.1 Å². The van der Waals surface area contributed by atoms with Gasteiger partial charge in [0.1, 0.15) is 0 Å². The summed E-state index contributed by atoms with van der Waals surface area (Å²) in [5.41, 5.74) is 0.854. The zero-order valence-electron chi connectivity index (χ0n) is 12.6. The van der Waals surface area contributed by atoms with Crippen molar-refractivity contribution in [2.24, 2.45) is 0 Å². The Morgan fingerprint density at radius 1 is 1.38 bits per heavy atom. The van der Waals surface area contributed by atoms with Gasteiger partial charge >= 0.3 is 5.69 Å². The van der Waals surface area contributed by atoms with Crippen LogP contribution in [-0.2, 0) is 0 Å². The SMILES string of the molecule is CC(C)Oc1cc(NCCCNC2CC2)ccc1[N+](=O)[O-]. The summed E-state index contributed by atoms with van der Waals surface area (Å²) in [4.78, 5) is 10.6. The first-order chi connectivity index (χ1) is 10.1. The maximum atomic E-state index is 11.0. The highest BCUT2D eigenvalue weighted by molar-refractivity contribution is 5.58. The first kappa shape index (κ1) is 15.6. The van der Waals surface area contributed by atoms with Crippen molar-refractivity contribution in [1.29, 1.82) is 0 Å². The van der Waals surface area contributed by atoms with Crippen molar-refractivity contribution in [1.82, 2.24) is 5.32 Å². The Hall–Kier alpha value is -1.82. The number of nitro benzene ring substituents is 1. The monoisotopic (exact) mass is 293 g/mol. The predicted molar refractivity (Wildman–Crippen MR) is 83.0 cm³/mol. The summed E-state index contributed by atoms with van der Waals surface area (Å²) in [5, 5.41) is 17.7. The van der Waals surface area contributed by atoms with Crippen molar-refractivity contribution in [2.75, 3.05) is 18.4 Å². The number of nitro groups is 1. The van der Waals surface area contributed by atoms with Crippen LogP contribution in [0.15, 0.2) is 18.2 Å². The fourth-order valence-electron chi connectivity index (χ4n) is 2.04. The van der Waals surface area contributed by atoms with E-state index in [1.807, 2.05) is 13.8 Å². The highest BCUT2D eigenvalue weighted by Crippen LogP contribution is 2.30. The molecule has 0 radical (unpaired) electrons. The number of benzene rings is 1. The average molecular weight is 293 g/mol. The van der Waals surface area contributed by atoms with Gasteiger partial charge in [0.05, 0.1) is 11.0 Å². The third-order valence-electron chi connectivity index (χ3n) is 3.21. The predicted octanol–water partition coefficient (Wildman–Crippen LogP) is 2.94. The highest BCUT2D eigenvalue weighted by Gasteiger charge is 2.19. The minimum absolute atomic E-state index is 0.00431. The Morgan fingerprint density at radius 3 is 2.76 bits per heavy atom. The molecule has 1 aliphatic carbocycles. The Morgan fingerprint density at radius 2 is 2.14 bits per heavy atom. The molecule has 2 rings (SSSR count). The van der Waals surface area contributed by atoms with E-state index in [-0.39, 0.29) is 11.8 Å². The van der Waals surface area contributed by atoms with Gasteiger partial charge in [-0.2, -0.15) is 0 Å². The molecule has 0 atom stereocenters. The summed E-state index contributed by atoms with van der Waals surface area (Å²) < 4.78 is 5.52. The summed E-state index contributed by atoms with van der Waals surface area (Å²) in [6.07, 6.45) is 3.52. The Labute approximate surface area is 125 Å². The van der Waals surface area contributed by atoms with Gasteiger partial charge in [0.2, 0.25) is 0 Å². The molecule has 0 amide bonds. The van der Waals surface area contributed by atoms with Crippen molar-refractivity contribution in [3.05, 3.63) is 28.3 Å². The lowest BCUT2D eigenvalue weighted by Gasteiger charge is -2.12. The first-order valence-corrected chi connectivity index (χ1v) is 7.48. The molecule has 6 heteroatoms. The van der Waals surface area contributed by atoms with Crippen LogP contribution in [0.2, 0.25) is 0 Å². The van der Waals surface area contributed by atoms with Crippen LogP contribution in [0.1, 0.15) is 33.1 Å². The largest absolute Gasteiger partial charge is 0.484 e. The Balaban J connectivity index is 1.87. The minimum atomic E-state index is -0.416. The van der Waals surface area contributed by atoms with Gasteiger partial charge in [-0.05, 0) is 45.7 Å². The summed E-state index contributed by atoms with van der Waals surface area (Å²) in [7, 11) is 0. The molecule has 0 saturated heterocycles. The van der Waals surface area contributed by atoms with Crippen molar-refractivity contribution < 1.29 is 9.66 Å². The molecule has 116 valence electrons. The van der Waals surface area contributed by atoms with Crippen LogP contribution >= 0.6 is 0 Å². The van der Waals surface area contributed by atoms with Crippen LogP contribution in [0.5, 0.6) is 5.75 Å². The number of nitrogens with one attached hydrogen (secondary N) is 2. The van der Waals surface area contributed by atoms with Crippen molar-refractivity contribution in [3.8, 4) is 5.75 Å². The smallest absolute Gasteiger partial charge is 0.311 e. The standard InChI is InChI=1S/C15H23N3O3/c1-11(2)21-15-10-13(6-7-14(15)18(19)20)17-9-3-8-16-12-4-5-12/h6-7,10-12,16-17H,3-5,8-9H2,1-2H3. The van der Waals surface area contributed by atoms with Crippen molar-refractivity contribution in [2.45, 2.75) is 45.3 Å². The molecule has 0 spiro atoms. The van der Waals surface area contributed by atoms with E-state index in [0.717, 1.165) is 31.2 Å². The van der Waals surface area contributed by atoms with Crippen LogP contribution < -0.4 is 15.4 Å². The number of hydrogen-bond donors (Lipinski definition) is 2. The molecular weight excluding hydrogens is 270 g/mol. The third-order valence-corrected chi connectivity index (χ3v) is 3.21. The molecule has 6 nitrogen and oxygen atoms in total. The van der Waals surface area contributed by atoms with Crippen LogP contribution in [0.4, 0.5) is 11.4 Å². The lowest BCUT2D eigenvalue weighted by Crippen LogP contribution is -2.19. The number of rotatable bonds is 9. The number of nitrogens with zero attached hydrogens (tertiary/aromatic N) is 1. The van der Waals surface area contributed by atoms with Gasteiger partial charge in [-0.25, -0.2) is 0 Å². The molecule has 0 heterocycles. The first-order valence-electron chi connectivity index (χ1n) is 7.48. The van der Waals surface area contributed by atoms with Crippen LogP contribution in [0.25, 0.3) is 0 Å². The van der Waals surface area contributed by atoms with Gasteiger partial charge in [-0.1, -0.05) is 0 Å². The van der Waals surface area contributed by atoms with E-state index in [0.29, 0.717) is 5.75 Å². The zero-order chi connectivity index (χ0) is 15.2. The summed E-state index contributed by atoms with van der Waals surface area (Å²) in [5.74, 6) is 0.316. The normalized spacial score (nSPS) is 14.2. The van der Waals surface area contributed by atoms with E-state index >= 15 is 0 Å². The van der Waals surface area contributed by atoms with Crippen molar-refractivity contribution in [3.63, 3.8) is 0 Å². The van der Waals surface area contributed by atoms with E-state index in [4.69, 9.17) is 4.74 Å². The summed E-state index contributed by atoms with van der Waals surface area (Å²) >= 11 is 0. The molecule has 0 aromatic heterocycles. The van der Waals surface area contributed by atoms with E-state index in [1.165, 1.54) is 18.9 Å². The molecular formula is C15H23N3O3. The molecule has 1 aromatic rings. The fraction of sp³-hybridized carbons (Fsp3) is 0.600. The lowest BCUT2D eigenvalue weighted by molar-refractivity contribution is -0.386. The Bertz CT molecular complexity index is 487. The molecule has 1 saturated carbocycles. The summed E-state index contributed by atoms with van der Waals surface area (Å²) in [6, 6.07) is 5.64. The fourth-order valence-corrected chi connectivity index (χ4v) is 2.04. The topological polar surface area (TPSA) is 76.4 Å². The molecule has 1 aliphatic rings. The Kier molecular flexibility index (Phi) is 5.38. The number of anilines is 1. The van der Waals surface area contributed by atoms with Crippen LogP contribution in [0.3, 0.4) is 0 Å². The second kappa shape index (κ2) is 7.26. The lowest BCUT2D eigenvalue weighted by atomic mass is 10.2. The highest BCUT2D eigenvalue weighted by atomic mass is 16.6. The second-order valence-corrected chi connectivity index (χ2v) is 5.61. The molecule has 21 heavy (non-hydrogen) atoms. The number of ether oxygens (including phenoxy) is 1. The maximum absolute atomic E-state index is 11.0. The molecule has 1 fully saturated rings. The van der Waals surface area contributed by atoms with E-state index in [2.05, 4.69) is 10.6 Å². The van der Waals surface area contributed by atoms with E-state index < -0.39 is 4.92 Å². The molecule has 2 N–H and O–H groups in total. The number of hydrogen-bond acceptors (Lipinski definition) is 5. The maximum Gasteiger partial charge on any atom is 0.311 e. The molecule has 0 unspecified atom stereocenters. The summed E-state index contributed by atoms with van der Waals surface area (Å²) in [6.45, 7) is 5.54. The molecule has 0 bridgehead atoms. The van der Waals surface area contributed by atoms with Crippen LogP contribution in [0, 0.1) is 10.1 Å². The van der Waals surface area contributed by atoms with Gasteiger partial charge < -0.3 is 15.4 Å². The minimum Gasteiger partial charge on any atom is -0.484 e. The molecule has 0 aliphatic heterocycles. The van der Waals surface area contributed by atoms with Gasteiger partial charge in [0.25, 0.3) is 0 Å². The quantitative estimate of drug-likeness (QED) is 0.416. The van der Waals surface area contributed by atoms with Gasteiger partial charge in [0.15, 0.2) is 5.75 Å². The van der Waals surface area contributed by atoms with Crippen molar-refractivity contribution >= 4 is 11.4 Å². The van der Waals surface area contributed by atoms with Gasteiger partial charge in [0, 0.05) is 30.4 Å². The zero-order valence-corrected chi connectivity index (χ0v) is 12.6. The third kappa shape index (κ3) is 5.23.